The number of aryl methyl sites for hydroxylation is 1. The third-order valence-corrected chi connectivity index (χ3v) is 3.23. The maximum atomic E-state index is 5.68. The number of aromatic nitrogens is 3. The molecule has 4 heteroatoms. The molecule has 20 heavy (non-hydrogen) atoms. The van der Waals surface area contributed by atoms with Crippen molar-refractivity contribution in [3.8, 4) is 22.8 Å². The maximum Gasteiger partial charge on any atom is 0.138 e. The van der Waals surface area contributed by atoms with Crippen LogP contribution in [0.1, 0.15) is 11.3 Å². The van der Waals surface area contributed by atoms with Crippen LogP contribution in [0, 0.1) is 6.92 Å². The Hall–Kier alpha value is -2.46. The Kier molecular flexibility index (Phi) is 3.31. The highest BCUT2D eigenvalue weighted by Crippen LogP contribution is 2.24. The molecule has 0 atom stereocenters. The highest BCUT2D eigenvalue weighted by molar-refractivity contribution is 5.65. The molecule has 0 aliphatic rings. The first-order chi connectivity index (χ1) is 9.78. The van der Waals surface area contributed by atoms with Crippen LogP contribution < -0.4 is 5.73 Å². The normalized spacial score (nSPS) is 10.7. The van der Waals surface area contributed by atoms with Crippen LogP contribution in [0.4, 0.5) is 0 Å². The predicted molar refractivity (Wildman–Crippen MR) is 79.9 cm³/mol. The zero-order valence-electron chi connectivity index (χ0n) is 11.3. The molecule has 2 heterocycles. The molecular formula is C16H16N4. The van der Waals surface area contributed by atoms with Crippen LogP contribution in [0.25, 0.3) is 22.8 Å². The first-order valence-electron chi connectivity index (χ1n) is 6.55. The van der Waals surface area contributed by atoms with E-state index in [1.165, 1.54) is 0 Å². The lowest BCUT2D eigenvalue weighted by Crippen LogP contribution is -1.96. The van der Waals surface area contributed by atoms with Gasteiger partial charge in [-0.1, -0.05) is 24.3 Å². The van der Waals surface area contributed by atoms with Crippen molar-refractivity contribution in [2.75, 3.05) is 0 Å². The molecule has 3 N–H and O–H groups in total. The van der Waals surface area contributed by atoms with Crippen molar-refractivity contribution in [3.63, 3.8) is 0 Å². The van der Waals surface area contributed by atoms with Gasteiger partial charge in [0.2, 0.25) is 0 Å². The van der Waals surface area contributed by atoms with Gasteiger partial charge in [0.15, 0.2) is 0 Å². The van der Waals surface area contributed by atoms with Crippen LogP contribution in [-0.2, 0) is 6.54 Å². The summed E-state index contributed by atoms with van der Waals surface area (Å²) in [5.74, 6) is 0.846. The van der Waals surface area contributed by atoms with Gasteiger partial charge in [-0.25, -0.2) is 4.98 Å². The van der Waals surface area contributed by atoms with Gasteiger partial charge in [-0.3, -0.25) is 4.98 Å². The molecule has 0 aliphatic heterocycles. The van der Waals surface area contributed by atoms with E-state index in [9.17, 15) is 0 Å². The second-order valence-corrected chi connectivity index (χ2v) is 4.68. The second kappa shape index (κ2) is 5.27. The Labute approximate surface area is 117 Å². The Bertz CT molecular complexity index is 716. The van der Waals surface area contributed by atoms with E-state index in [0.717, 1.165) is 34.0 Å². The average molecular weight is 264 g/mol. The third-order valence-electron chi connectivity index (χ3n) is 3.23. The fraction of sp³-hybridized carbons (Fsp3) is 0.125. The molecular weight excluding hydrogens is 248 g/mol. The minimum absolute atomic E-state index is 0.528. The minimum Gasteiger partial charge on any atom is -0.341 e. The van der Waals surface area contributed by atoms with Gasteiger partial charge in [-0.15, -0.1) is 0 Å². The summed E-state index contributed by atoms with van der Waals surface area (Å²) in [6, 6.07) is 13.9. The number of aromatic amines is 1. The SMILES string of the molecule is Cc1[nH]c(-c2cccc(CN)c2)nc1-c1ccccn1. The number of rotatable bonds is 3. The molecule has 0 unspecified atom stereocenters. The second-order valence-electron chi connectivity index (χ2n) is 4.68. The first kappa shape index (κ1) is 12.6. The van der Waals surface area contributed by atoms with E-state index in [1.54, 1.807) is 6.20 Å². The van der Waals surface area contributed by atoms with Crippen LogP contribution in [0.15, 0.2) is 48.7 Å². The van der Waals surface area contributed by atoms with Gasteiger partial charge in [0, 0.05) is 24.0 Å². The molecule has 1 aromatic carbocycles. The molecule has 0 spiro atoms. The number of benzene rings is 1. The van der Waals surface area contributed by atoms with Crippen molar-refractivity contribution < 1.29 is 0 Å². The molecule has 0 aliphatic carbocycles. The number of nitrogens with zero attached hydrogens (tertiary/aromatic N) is 2. The summed E-state index contributed by atoms with van der Waals surface area (Å²) in [7, 11) is 0. The summed E-state index contributed by atoms with van der Waals surface area (Å²) in [6.07, 6.45) is 1.78. The fourth-order valence-electron chi connectivity index (χ4n) is 2.19. The highest BCUT2D eigenvalue weighted by atomic mass is 14.9. The van der Waals surface area contributed by atoms with E-state index in [0.29, 0.717) is 6.54 Å². The van der Waals surface area contributed by atoms with Crippen LogP contribution in [0.2, 0.25) is 0 Å². The van der Waals surface area contributed by atoms with Gasteiger partial charge in [0.05, 0.1) is 5.69 Å². The highest BCUT2D eigenvalue weighted by Gasteiger charge is 2.11. The van der Waals surface area contributed by atoms with Crippen molar-refractivity contribution in [2.24, 2.45) is 5.73 Å². The molecule has 100 valence electrons. The summed E-state index contributed by atoms with van der Waals surface area (Å²) >= 11 is 0. The Morgan fingerprint density at radius 2 is 2.05 bits per heavy atom. The zero-order chi connectivity index (χ0) is 13.9. The van der Waals surface area contributed by atoms with Crippen LogP contribution in [0.3, 0.4) is 0 Å². The fourth-order valence-corrected chi connectivity index (χ4v) is 2.19. The number of nitrogens with two attached hydrogens (primary N) is 1. The largest absolute Gasteiger partial charge is 0.341 e. The van der Waals surface area contributed by atoms with E-state index < -0.39 is 0 Å². The van der Waals surface area contributed by atoms with E-state index in [1.807, 2.05) is 43.3 Å². The lowest BCUT2D eigenvalue weighted by molar-refractivity contribution is 1.07. The number of hydrogen-bond acceptors (Lipinski definition) is 3. The van der Waals surface area contributed by atoms with Crippen molar-refractivity contribution >= 4 is 0 Å². The van der Waals surface area contributed by atoms with E-state index in [4.69, 9.17) is 5.73 Å². The van der Waals surface area contributed by atoms with Gasteiger partial charge in [-0.05, 0) is 30.7 Å². The number of hydrogen-bond donors (Lipinski definition) is 2. The summed E-state index contributed by atoms with van der Waals surface area (Å²) in [4.78, 5) is 12.3. The number of pyridine rings is 1. The molecule has 0 saturated heterocycles. The van der Waals surface area contributed by atoms with E-state index in [-0.39, 0.29) is 0 Å². The quantitative estimate of drug-likeness (QED) is 0.764. The standard InChI is InChI=1S/C16H16N4/c1-11-15(14-7-2-3-8-18-14)20-16(19-11)13-6-4-5-12(9-13)10-17/h2-9H,10,17H2,1H3,(H,19,20). The smallest absolute Gasteiger partial charge is 0.138 e. The summed E-state index contributed by atoms with van der Waals surface area (Å²) in [6.45, 7) is 2.54. The lowest BCUT2D eigenvalue weighted by atomic mass is 10.1. The van der Waals surface area contributed by atoms with Crippen LogP contribution in [-0.4, -0.2) is 15.0 Å². The molecule has 0 bridgehead atoms. The Balaban J connectivity index is 2.04. The number of imidazole rings is 1. The molecule has 2 aromatic heterocycles. The van der Waals surface area contributed by atoms with Crippen molar-refractivity contribution in [1.29, 1.82) is 0 Å². The van der Waals surface area contributed by atoms with E-state index in [2.05, 4.69) is 21.0 Å². The van der Waals surface area contributed by atoms with Gasteiger partial charge in [0.1, 0.15) is 11.5 Å². The first-order valence-corrected chi connectivity index (χ1v) is 6.55. The summed E-state index contributed by atoms with van der Waals surface area (Å²) in [5, 5.41) is 0. The molecule has 3 aromatic rings. The minimum atomic E-state index is 0.528. The molecule has 4 nitrogen and oxygen atoms in total. The molecule has 0 amide bonds. The average Bonchev–Trinajstić information content (AvgIpc) is 2.90. The zero-order valence-corrected chi connectivity index (χ0v) is 11.3. The monoisotopic (exact) mass is 264 g/mol. The van der Waals surface area contributed by atoms with Gasteiger partial charge < -0.3 is 10.7 Å². The molecule has 0 fully saturated rings. The lowest BCUT2D eigenvalue weighted by Gasteiger charge is -2.00. The van der Waals surface area contributed by atoms with Crippen molar-refractivity contribution in [3.05, 3.63) is 59.9 Å². The predicted octanol–water partition coefficient (Wildman–Crippen LogP) is 2.91. The number of H-pyrrole nitrogens is 1. The topological polar surface area (TPSA) is 67.6 Å². The Morgan fingerprint density at radius 1 is 1.15 bits per heavy atom. The van der Waals surface area contributed by atoms with Crippen molar-refractivity contribution in [2.45, 2.75) is 13.5 Å². The van der Waals surface area contributed by atoms with Crippen molar-refractivity contribution in [1.82, 2.24) is 15.0 Å². The maximum absolute atomic E-state index is 5.68. The molecule has 3 rings (SSSR count). The van der Waals surface area contributed by atoms with Gasteiger partial charge in [0.25, 0.3) is 0 Å². The van der Waals surface area contributed by atoms with E-state index >= 15 is 0 Å². The third kappa shape index (κ3) is 2.33. The van der Waals surface area contributed by atoms with Gasteiger partial charge >= 0.3 is 0 Å². The summed E-state index contributed by atoms with van der Waals surface area (Å²) < 4.78 is 0. The Morgan fingerprint density at radius 3 is 2.80 bits per heavy atom. The molecule has 0 saturated carbocycles. The van der Waals surface area contributed by atoms with Gasteiger partial charge in [-0.2, -0.15) is 0 Å². The van der Waals surface area contributed by atoms with Crippen LogP contribution in [0.5, 0.6) is 0 Å². The summed E-state index contributed by atoms with van der Waals surface area (Å²) in [5.41, 5.74) is 10.6. The van der Waals surface area contributed by atoms with Crippen LogP contribution >= 0.6 is 0 Å². The molecule has 0 radical (unpaired) electrons. The number of nitrogens with one attached hydrogen (secondary N) is 1.